The summed E-state index contributed by atoms with van der Waals surface area (Å²) in [5, 5.41) is 12.0. The van der Waals surface area contributed by atoms with E-state index < -0.39 is 11.9 Å². The number of rotatable bonds is 3. The zero-order valence-electron chi connectivity index (χ0n) is 9.20. The Morgan fingerprint density at radius 3 is 2.82 bits per heavy atom. The molecular weight excluding hydrogens is 246 g/mol. The van der Waals surface area contributed by atoms with Gasteiger partial charge in [0.15, 0.2) is 0 Å². The van der Waals surface area contributed by atoms with Crippen molar-refractivity contribution < 1.29 is 19.4 Å². The van der Waals surface area contributed by atoms with Gasteiger partial charge in [-0.25, -0.2) is 4.79 Å². The van der Waals surface area contributed by atoms with E-state index in [-0.39, 0.29) is 18.0 Å². The Morgan fingerprint density at radius 1 is 1.47 bits per heavy atom. The number of nitrogens with one attached hydrogen (secondary N) is 1. The minimum absolute atomic E-state index is 0.0657. The number of carbonyl (C=O) groups excluding carboxylic acids is 2. The van der Waals surface area contributed by atoms with Crippen molar-refractivity contribution >= 4 is 29.2 Å². The maximum absolute atomic E-state index is 11.3. The summed E-state index contributed by atoms with van der Waals surface area (Å²) >= 11 is 5.68. The number of anilines is 1. The van der Waals surface area contributed by atoms with Gasteiger partial charge in [0.05, 0.1) is 12.3 Å². The number of phenols is 1. The summed E-state index contributed by atoms with van der Waals surface area (Å²) in [6, 6.07) is 4.11. The SMILES string of the molecule is CCCOC(=O)C(=O)Nc1cc(Cl)ccc1O. The number of halogens is 1. The molecular formula is C11H12ClNO4. The maximum atomic E-state index is 11.3. The molecule has 1 aromatic rings. The van der Waals surface area contributed by atoms with Gasteiger partial charge in [-0.1, -0.05) is 18.5 Å². The quantitative estimate of drug-likeness (QED) is 0.493. The molecule has 0 aromatic heterocycles. The fourth-order valence-electron chi connectivity index (χ4n) is 1.04. The fourth-order valence-corrected chi connectivity index (χ4v) is 1.21. The van der Waals surface area contributed by atoms with E-state index in [1.165, 1.54) is 18.2 Å². The highest BCUT2D eigenvalue weighted by Crippen LogP contribution is 2.26. The Labute approximate surface area is 103 Å². The molecule has 2 N–H and O–H groups in total. The minimum Gasteiger partial charge on any atom is -0.506 e. The molecule has 5 nitrogen and oxygen atoms in total. The second-order valence-electron chi connectivity index (χ2n) is 3.25. The summed E-state index contributed by atoms with van der Waals surface area (Å²) in [5.74, 6) is -2.12. The van der Waals surface area contributed by atoms with Gasteiger partial charge in [-0.2, -0.15) is 0 Å². The normalized spacial score (nSPS) is 9.76. The molecule has 0 saturated heterocycles. The first kappa shape index (κ1) is 13.3. The third kappa shape index (κ3) is 3.96. The Kier molecular flexibility index (Phi) is 4.78. The van der Waals surface area contributed by atoms with Crippen molar-refractivity contribution in [2.75, 3.05) is 11.9 Å². The number of amides is 1. The van der Waals surface area contributed by atoms with E-state index in [2.05, 4.69) is 10.1 Å². The molecule has 1 aromatic carbocycles. The predicted molar refractivity (Wildman–Crippen MR) is 63.0 cm³/mol. The van der Waals surface area contributed by atoms with Gasteiger partial charge in [0, 0.05) is 5.02 Å². The summed E-state index contributed by atoms with van der Waals surface area (Å²) in [6.07, 6.45) is 0.626. The van der Waals surface area contributed by atoms with Crippen LogP contribution in [0.25, 0.3) is 0 Å². The molecule has 0 heterocycles. The highest BCUT2D eigenvalue weighted by atomic mass is 35.5. The molecule has 1 amide bonds. The third-order valence-electron chi connectivity index (χ3n) is 1.83. The predicted octanol–water partition coefficient (Wildman–Crippen LogP) is 1.94. The lowest BCUT2D eigenvalue weighted by Crippen LogP contribution is -2.25. The van der Waals surface area contributed by atoms with E-state index in [4.69, 9.17) is 11.6 Å². The molecule has 0 aliphatic heterocycles. The Morgan fingerprint density at radius 2 is 2.18 bits per heavy atom. The van der Waals surface area contributed by atoms with Crippen LogP contribution < -0.4 is 5.32 Å². The summed E-state index contributed by atoms with van der Waals surface area (Å²) in [7, 11) is 0. The topological polar surface area (TPSA) is 75.6 Å². The van der Waals surface area contributed by atoms with Crippen LogP contribution in [0.4, 0.5) is 5.69 Å². The van der Waals surface area contributed by atoms with Crippen LogP contribution in [0.2, 0.25) is 5.02 Å². The minimum atomic E-state index is -0.994. The molecule has 0 bridgehead atoms. The van der Waals surface area contributed by atoms with Crippen LogP contribution in [-0.4, -0.2) is 23.6 Å². The number of ether oxygens (including phenoxy) is 1. The zero-order chi connectivity index (χ0) is 12.8. The van der Waals surface area contributed by atoms with Crippen molar-refractivity contribution in [2.45, 2.75) is 13.3 Å². The molecule has 0 spiro atoms. The molecule has 1 rings (SSSR count). The second-order valence-corrected chi connectivity index (χ2v) is 3.69. The lowest BCUT2D eigenvalue weighted by molar-refractivity contribution is -0.152. The van der Waals surface area contributed by atoms with Crippen molar-refractivity contribution in [3.63, 3.8) is 0 Å². The van der Waals surface area contributed by atoms with Crippen molar-refractivity contribution in [1.29, 1.82) is 0 Å². The van der Waals surface area contributed by atoms with E-state index in [1.807, 2.05) is 6.92 Å². The van der Waals surface area contributed by atoms with Crippen LogP contribution >= 0.6 is 11.6 Å². The lowest BCUT2D eigenvalue weighted by atomic mass is 10.3. The zero-order valence-corrected chi connectivity index (χ0v) is 9.95. The molecule has 0 fully saturated rings. The summed E-state index contributed by atoms with van der Waals surface area (Å²) < 4.78 is 4.63. The molecule has 17 heavy (non-hydrogen) atoms. The number of phenolic OH excluding ortho intramolecular Hbond substituents is 1. The third-order valence-corrected chi connectivity index (χ3v) is 2.06. The molecule has 0 saturated carbocycles. The van der Waals surface area contributed by atoms with Crippen molar-refractivity contribution in [1.82, 2.24) is 0 Å². The summed E-state index contributed by atoms with van der Waals surface area (Å²) in [6.45, 7) is 1.99. The number of hydrogen-bond acceptors (Lipinski definition) is 4. The second kappa shape index (κ2) is 6.10. The van der Waals surface area contributed by atoms with Gasteiger partial charge in [-0.15, -0.1) is 0 Å². The Bertz CT molecular complexity index is 433. The van der Waals surface area contributed by atoms with Crippen molar-refractivity contribution in [3.05, 3.63) is 23.2 Å². The monoisotopic (exact) mass is 257 g/mol. The highest BCUT2D eigenvalue weighted by Gasteiger charge is 2.16. The standard InChI is InChI=1S/C11H12ClNO4/c1-2-5-17-11(16)10(15)13-8-6-7(12)3-4-9(8)14/h3-4,6,14H,2,5H2,1H3,(H,13,15). The first-order valence-electron chi connectivity index (χ1n) is 5.01. The largest absolute Gasteiger partial charge is 0.506 e. The Hall–Kier alpha value is -1.75. The van der Waals surface area contributed by atoms with Crippen LogP contribution in [0, 0.1) is 0 Å². The molecule has 0 aliphatic rings. The van der Waals surface area contributed by atoms with Crippen molar-refractivity contribution in [3.8, 4) is 5.75 Å². The summed E-state index contributed by atoms with van der Waals surface area (Å²) in [5.41, 5.74) is 0.0657. The van der Waals surface area contributed by atoms with Crippen LogP contribution in [0.1, 0.15) is 13.3 Å². The van der Waals surface area contributed by atoms with Gasteiger partial charge in [-0.05, 0) is 24.6 Å². The molecule has 0 radical (unpaired) electrons. The molecule has 92 valence electrons. The summed E-state index contributed by atoms with van der Waals surface area (Å²) in [4.78, 5) is 22.5. The van der Waals surface area contributed by atoms with Gasteiger partial charge >= 0.3 is 11.9 Å². The van der Waals surface area contributed by atoms with Crippen LogP contribution in [0.15, 0.2) is 18.2 Å². The smallest absolute Gasteiger partial charge is 0.397 e. The van der Waals surface area contributed by atoms with Gasteiger partial charge in [-0.3, -0.25) is 4.79 Å². The van der Waals surface area contributed by atoms with Crippen LogP contribution in [0.3, 0.4) is 0 Å². The fraction of sp³-hybridized carbons (Fsp3) is 0.273. The van der Waals surface area contributed by atoms with Gasteiger partial charge < -0.3 is 15.2 Å². The average Bonchev–Trinajstić information content (AvgIpc) is 2.30. The molecule has 6 heteroatoms. The maximum Gasteiger partial charge on any atom is 0.397 e. The van der Waals surface area contributed by atoms with Gasteiger partial charge in [0.2, 0.25) is 0 Å². The van der Waals surface area contributed by atoms with Crippen molar-refractivity contribution in [2.24, 2.45) is 0 Å². The number of hydrogen-bond donors (Lipinski definition) is 2. The first-order valence-corrected chi connectivity index (χ1v) is 5.39. The van der Waals surface area contributed by atoms with Crippen LogP contribution in [0.5, 0.6) is 5.75 Å². The first-order chi connectivity index (χ1) is 8.04. The van der Waals surface area contributed by atoms with E-state index >= 15 is 0 Å². The molecule has 0 atom stereocenters. The highest BCUT2D eigenvalue weighted by molar-refractivity contribution is 6.37. The molecule has 0 unspecified atom stereocenters. The number of aromatic hydroxyl groups is 1. The van der Waals surface area contributed by atoms with Gasteiger partial charge in [0.1, 0.15) is 5.75 Å². The molecule has 0 aliphatic carbocycles. The van der Waals surface area contributed by atoms with Crippen LogP contribution in [-0.2, 0) is 14.3 Å². The van der Waals surface area contributed by atoms with E-state index in [0.717, 1.165) is 0 Å². The Balaban J connectivity index is 2.67. The number of carbonyl (C=O) groups is 2. The number of benzene rings is 1. The average molecular weight is 258 g/mol. The lowest BCUT2D eigenvalue weighted by Gasteiger charge is -2.07. The van der Waals surface area contributed by atoms with Gasteiger partial charge in [0.25, 0.3) is 0 Å². The number of esters is 1. The van der Waals surface area contributed by atoms with E-state index in [9.17, 15) is 14.7 Å². The van der Waals surface area contributed by atoms with E-state index in [1.54, 1.807) is 0 Å². The van der Waals surface area contributed by atoms with E-state index in [0.29, 0.717) is 11.4 Å².